The van der Waals surface area contributed by atoms with Crippen LogP contribution in [0.25, 0.3) is 10.2 Å². The van der Waals surface area contributed by atoms with Gasteiger partial charge in [0.1, 0.15) is 0 Å². The standard InChI is InChI=1S/C21H27N3O4S/c1-14(19(26)24-20(27)22-2)28-18(25)13-21(10-6-3-7-11-21)12-17-23-15-8-4-5-9-16(15)29-17/h4-5,8-9,14H,3,6-7,10-13H2,1-2H3,(H2,22,24,26,27)/t14-/m1/s1. The van der Waals surface area contributed by atoms with Gasteiger partial charge in [0, 0.05) is 13.5 Å². The number of nitrogens with one attached hydrogen (secondary N) is 2. The van der Waals surface area contributed by atoms with Crippen molar-refractivity contribution in [2.75, 3.05) is 7.05 Å². The third-order valence-corrected chi connectivity index (χ3v) is 6.48. The zero-order chi connectivity index (χ0) is 20.9. The first-order valence-corrected chi connectivity index (χ1v) is 10.8. The van der Waals surface area contributed by atoms with Crippen LogP contribution in [0.4, 0.5) is 4.79 Å². The van der Waals surface area contributed by atoms with E-state index in [0.717, 1.165) is 47.3 Å². The predicted molar refractivity (Wildman–Crippen MR) is 112 cm³/mol. The number of rotatable bonds is 6. The highest BCUT2D eigenvalue weighted by atomic mass is 32.1. The number of para-hydroxylation sites is 1. The molecule has 0 bridgehead atoms. The number of hydrogen-bond acceptors (Lipinski definition) is 6. The van der Waals surface area contributed by atoms with Gasteiger partial charge in [-0.05, 0) is 37.3 Å². The number of esters is 1. The molecule has 0 unspecified atom stereocenters. The minimum atomic E-state index is -1.03. The van der Waals surface area contributed by atoms with E-state index >= 15 is 0 Å². The molecule has 8 heteroatoms. The van der Waals surface area contributed by atoms with Crippen molar-refractivity contribution < 1.29 is 19.1 Å². The zero-order valence-electron chi connectivity index (χ0n) is 16.8. The Morgan fingerprint density at radius 3 is 2.62 bits per heavy atom. The van der Waals surface area contributed by atoms with Crippen LogP contribution in [0.15, 0.2) is 24.3 Å². The Balaban J connectivity index is 1.67. The van der Waals surface area contributed by atoms with Gasteiger partial charge in [-0.3, -0.25) is 14.9 Å². The first kappa shape index (κ1) is 21.2. The van der Waals surface area contributed by atoms with Crippen LogP contribution < -0.4 is 10.6 Å². The number of carbonyl (C=O) groups excluding carboxylic acids is 3. The summed E-state index contributed by atoms with van der Waals surface area (Å²) in [7, 11) is 1.41. The fraction of sp³-hybridized carbons (Fsp3) is 0.524. The molecule has 0 spiro atoms. The van der Waals surface area contributed by atoms with Crippen molar-refractivity contribution in [2.24, 2.45) is 5.41 Å². The molecule has 2 N–H and O–H groups in total. The Bertz CT molecular complexity index is 856. The number of hydrogen-bond donors (Lipinski definition) is 2. The number of nitrogens with zero attached hydrogens (tertiary/aromatic N) is 1. The molecule has 1 aliphatic rings. The first-order chi connectivity index (χ1) is 13.9. The number of fused-ring (bicyclic) bond motifs is 1. The van der Waals surface area contributed by atoms with E-state index in [2.05, 4.69) is 16.7 Å². The molecular weight excluding hydrogens is 390 g/mol. The lowest BCUT2D eigenvalue weighted by atomic mass is 9.70. The Hall–Kier alpha value is -2.48. The molecule has 7 nitrogen and oxygen atoms in total. The molecule has 29 heavy (non-hydrogen) atoms. The first-order valence-electron chi connectivity index (χ1n) is 9.97. The van der Waals surface area contributed by atoms with E-state index in [1.54, 1.807) is 11.3 Å². The van der Waals surface area contributed by atoms with Gasteiger partial charge >= 0.3 is 12.0 Å². The van der Waals surface area contributed by atoms with Gasteiger partial charge in [-0.15, -0.1) is 11.3 Å². The van der Waals surface area contributed by atoms with Gasteiger partial charge in [0.2, 0.25) is 0 Å². The third kappa shape index (κ3) is 5.53. The number of thiazole rings is 1. The topological polar surface area (TPSA) is 97.4 Å². The van der Waals surface area contributed by atoms with Crippen molar-refractivity contribution in [3.05, 3.63) is 29.3 Å². The summed E-state index contributed by atoms with van der Waals surface area (Å²) >= 11 is 1.67. The maximum atomic E-state index is 12.6. The Morgan fingerprint density at radius 2 is 1.93 bits per heavy atom. The maximum absolute atomic E-state index is 12.6. The van der Waals surface area contributed by atoms with Gasteiger partial charge in [-0.25, -0.2) is 9.78 Å². The average Bonchev–Trinajstić information content (AvgIpc) is 3.09. The summed E-state index contributed by atoms with van der Waals surface area (Å²) in [5.74, 6) is -1.05. The van der Waals surface area contributed by atoms with Crippen molar-refractivity contribution in [2.45, 2.75) is 58.0 Å². The van der Waals surface area contributed by atoms with E-state index in [0.29, 0.717) is 0 Å². The Labute approximate surface area is 174 Å². The highest BCUT2D eigenvalue weighted by molar-refractivity contribution is 7.18. The van der Waals surface area contributed by atoms with Gasteiger partial charge in [0.15, 0.2) is 6.10 Å². The summed E-state index contributed by atoms with van der Waals surface area (Å²) in [5, 5.41) is 5.46. The van der Waals surface area contributed by atoms with Gasteiger partial charge in [-0.2, -0.15) is 0 Å². The number of urea groups is 1. The monoisotopic (exact) mass is 417 g/mol. The molecule has 0 saturated heterocycles. The normalized spacial score (nSPS) is 16.8. The second kappa shape index (κ2) is 9.35. The average molecular weight is 418 g/mol. The molecule has 0 radical (unpaired) electrons. The van der Waals surface area contributed by atoms with E-state index in [1.807, 2.05) is 18.2 Å². The zero-order valence-corrected chi connectivity index (χ0v) is 17.6. The number of aromatic nitrogens is 1. The summed E-state index contributed by atoms with van der Waals surface area (Å²) < 4.78 is 6.48. The largest absolute Gasteiger partial charge is 0.453 e. The highest BCUT2D eigenvalue weighted by Gasteiger charge is 2.37. The second-order valence-electron chi connectivity index (χ2n) is 7.69. The quantitative estimate of drug-likeness (QED) is 0.701. The number of benzene rings is 1. The third-order valence-electron chi connectivity index (χ3n) is 5.44. The molecule has 1 aromatic heterocycles. The van der Waals surface area contributed by atoms with Crippen LogP contribution in [0.3, 0.4) is 0 Å². The molecular formula is C21H27N3O4S. The molecule has 3 amide bonds. The van der Waals surface area contributed by atoms with Gasteiger partial charge in [0.25, 0.3) is 5.91 Å². The van der Waals surface area contributed by atoms with Gasteiger partial charge < -0.3 is 10.1 Å². The molecule has 1 fully saturated rings. The van der Waals surface area contributed by atoms with Crippen molar-refractivity contribution >= 4 is 39.5 Å². The molecule has 2 aromatic rings. The molecule has 1 heterocycles. The van der Waals surface area contributed by atoms with Gasteiger partial charge in [0.05, 0.1) is 21.6 Å². The van der Waals surface area contributed by atoms with Crippen LogP contribution in [0, 0.1) is 5.41 Å². The van der Waals surface area contributed by atoms with Crippen LogP contribution in [0.5, 0.6) is 0 Å². The van der Waals surface area contributed by atoms with E-state index in [9.17, 15) is 14.4 Å². The molecule has 1 aromatic carbocycles. The molecule has 1 saturated carbocycles. The van der Waals surface area contributed by atoms with E-state index in [1.165, 1.54) is 20.4 Å². The highest BCUT2D eigenvalue weighted by Crippen LogP contribution is 2.43. The van der Waals surface area contributed by atoms with Crippen molar-refractivity contribution in [1.82, 2.24) is 15.6 Å². The Morgan fingerprint density at radius 1 is 1.21 bits per heavy atom. The van der Waals surface area contributed by atoms with Crippen molar-refractivity contribution in [3.8, 4) is 0 Å². The minimum Gasteiger partial charge on any atom is -0.453 e. The lowest BCUT2D eigenvalue weighted by Crippen LogP contribution is -2.44. The summed E-state index contributed by atoms with van der Waals surface area (Å²) in [6, 6.07) is 7.42. The lowest BCUT2D eigenvalue weighted by Gasteiger charge is -2.36. The maximum Gasteiger partial charge on any atom is 0.321 e. The second-order valence-corrected chi connectivity index (χ2v) is 8.81. The van der Waals surface area contributed by atoms with Crippen LogP contribution in [-0.4, -0.2) is 36.0 Å². The van der Waals surface area contributed by atoms with Crippen molar-refractivity contribution in [1.29, 1.82) is 0 Å². The minimum absolute atomic E-state index is 0.194. The van der Waals surface area contributed by atoms with E-state index < -0.39 is 24.0 Å². The van der Waals surface area contributed by atoms with Crippen LogP contribution in [-0.2, 0) is 20.7 Å². The molecule has 156 valence electrons. The number of imide groups is 1. The van der Waals surface area contributed by atoms with Crippen molar-refractivity contribution in [3.63, 3.8) is 0 Å². The van der Waals surface area contributed by atoms with E-state index in [-0.39, 0.29) is 11.8 Å². The SMILES string of the molecule is CNC(=O)NC(=O)[C@@H](C)OC(=O)CC1(Cc2nc3ccccc3s2)CCCCC1. The van der Waals surface area contributed by atoms with Crippen LogP contribution in [0.2, 0.25) is 0 Å². The number of ether oxygens (including phenoxy) is 1. The fourth-order valence-electron chi connectivity index (χ4n) is 3.91. The summed E-state index contributed by atoms with van der Waals surface area (Å²) in [4.78, 5) is 40.6. The van der Waals surface area contributed by atoms with E-state index in [4.69, 9.17) is 9.72 Å². The molecule has 1 atom stereocenters. The number of amides is 3. The van der Waals surface area contributed by atoms with Gasteiger partial charge in [-0.1, -0.05) is 31.4 Å². The Kier molecular flexibility index (Phi) is 6.84. The summed E-state index contributed by atoms with van der Waals surface area (Å²) in [5.41, 5.74) is 0.792. The van der Waals surface area contributed by atoms with Crippen LogP contribution in [0.1, 0.15) is 50.5 Å². The summed E-state index contributed by atoms with van der Waals surface area (Å²) in [6.07, 6.45) is 5.16. The summed E-state index contributed by atoms with van der Waals surface area (Å²) in [6.45, 7) is 1.47. The predicted octanol–water partition coefficient (Wildman–Crippen LogP) is 3.57. The number of carbonyl (C=O) groups is 3. The lowest BCUT2D eigenvalue weighted by molar-refractivity contribution is -0.157. The smallest absolute Gasteiger partial charge is 0.321 e. The fourth-order valence-corrected chi connectivity index (χ4v) is 5.05. The molecule has 0 aliphatic heterocycles. The molecule has 3 rings (SSSR count). The van der Waals surface area contributed by atoms with Crippen LogP contribution >= 0.6 is 11.3 Å². The molecule has 1 aliphatic carbocycles.